The van der Waals surface area contributed by atoms with E-state index in [4.69, 9.17) is 4.74 Å². The molecular formula is C18H20N2O2. The average molecular weight is 296 g/mol. The van der Waals surface area contributed by atoms with E-state index in [1.54, 1.807) is 37.6 Å². The Morgan fingerprint density at radius 1 is 1.14 bits per heavy atom. The molecule has 1 N–H and O–H groups in total. The van der Waals surface area contributed by atoms with Crippen LogP contribution in [0.3, 0.4) is 0 Å². The summed E-state index contributed by atoms with van der Waals surface area (Å²) in [6, 6.07) is 15.0. The highest BCUT2D eigenvalue weighted by Gasteiger charge is 2.03. The Morgan fingerprint density at radius 3 is 2.41 bits per heavy atom. The van der Waals surface area contributed by atoms with Gasteiger partial charge < -0.3 is 4.74 Å². The zero-order valence-electron chi connectivity index (χ0n) is 12.9. The molecule has 0 fully saturated rings. The van der Waals surface area contributed by atoms with E-state index in [-0.39, 0.29) is 5.91 Å². The molecule has 0 saturated carbocycles. The number of hydrogen-bond acceptors (Lipinski definition) is 3. The number of nitrogens with one attached hydrogen (secondary N) is 1. The lowest BCUT2D eigenvalue weighted by Gasteiger charge is -2.02. The Balaban J connectivity index is 1.91. The van der Waals surface area contributed by atoms with Gasteiger partial charge in [0.05, 0.1) is 13.3 Å². The molecule has 0 spiro atoms. The summed E-state index contributed by atoms with van der Waals surface area (Å²) in [5, 5.41) is 3.98. The summed E-state index contributed by atoms with van der Waals surface area (Å²) in [5.74, 6) is 0.466. The molecule has 4 nitrogen and oxygen atoms in total. The highest BCUT2D eigenvalue weighted by Crippen LogP contribution is 2.11. The third-order valence-electron chi connectivity index (χ3n) is 3.25. The van der Waals surface area contributed by atoms with Gasteiger partial charge in [0.1, 0.15) is 5.75 Å². The Labute approximate surface area is 130 Å². The van der Waals surface area contributed by atoms with Crippen molar-refractivity contribution in [3.8, 4) is 5.75 Å². The molecule has 0 radical (unpaired) electrons. The van der Waals surface area contributed by atoms with Crippen molar-refractivity contribution in [1.82, 2.24) is 5.43 Å². The molecule has 0 aliphatic rings. The molecule has 0 saturated heterocycles. The molecule has 0 aromatic heterocycles. The number of benzene rings is 2. The molecule has 0 aliphatic heterocycles. The number of ether oxygens (including phenoxy) is 1. The molecule has 2 aromatic carbocycles. The second kappa shape index (κ2) is 7.98. The Hall–Kier alpha value is -2.62. The van der Waals surface area contributed by atoms with Crippen LogP contribution in [0.4, 0.5) is 0 Å². The van der Waals surface area contributed by atoms with Gasteiger partial charge in [-0.2, -0.15) is 5.10 Å². The number of methoxy groups -OCH3 is 1. The van der Waals surface area contributed by atoms with Gasteiger partial charge in [-0.15, -0.1) is 0 Å². The lowest BCUT2D eigenvalue weighted by atomic mass is 10.1. The van der Waals surface area contributed by atoms with E-state index in [0.29, 0.717) is 11.3 Å². The molecule has 0 unspecified atom stereocenters. The van der Waals surface area contributed by atoms with E-state index < -0.39 is 0 Å². The fourth-order valence-electron chi connectivity index (χ4n) is 2.03. The lowest BCUT2D eigenvalue weighted by molar-refractivity contribution is 0.0955. The van der Waals surface area contributed by atoms with E-state index in [1.807, 2.05) is 12.1 Å². The molecule has 1 amide bonds. The van der Waals surface area contributed by atoms with Gasteiger partial charge in [0.25, 0.3) is 5.91 Å². The van der Waals surface area contributed by atoms with Crippen molar-refractivity contribution >= 4 is 12.1 Å². The minimum atomic E-state index is -0.249. The number of carbonyl (C=O) groups excluding carboxylic acids is 1. The highest BCUT2D eigenvalue weighted by molar-refractivity contribution is 5.94. The van der Waals surface area contributed by atoms with Crippen LogP contribution in [0.1, 0.15) is 34.8 Å². The SMILES string of the molecule is CCCc1ccc(/C=N/NC(=O)c2ccc(OC)cc2)cc1. The number of hydrazone groups is 1. The monoisotopic (exact) mass is 296 g/mol. The number of carbonyl (C=O) groups is 1. The molecule has 0 heterocycles. The molecule has 0 aliphatic carbocycles. The molecule has 4 heteroatoms. The lowest BCUT2D eigenvalue weighted by Crippen LogP contribution is -2.17. The van der Waals surface area contributed by atoms with Crippen molar-refractivity contribution in [2.75, 3.05) is 7.11 Å². The van der Waals surface area contributed by atoms with Crippen LogP contribution in [-0.2, 0) is 6.42 Å². The van der Waals surface area contributed by atoms with Crippen molar-refractivity contribution in [2.45, 2.75) is 19.8 Å². The van der Waals surface area contributed by atoms with Gasteiger partial charge in [0.15, 0.2) is 0 Å². The van der Waals surface area contributed by atoms with Crippen LogP contribution in [0.25, 0.3) is 0 Å². The molecule has 0 atom stereocenters. The zero-order chi connectivity index (χ0) is 15.8. The first-order valence-corrected chi connectivity index (χ1v) is 7.29. The first-order valence-electron chi connectivity index (χ1n) is 7.29. The fourth-order valence-corrected chi connectivity index (χ4v) is 2.03. The van der Waals surface area contributed by atoms with Gasteiger partial charge >= 0.3 is 0 Å². The molecule has 22 heavy (non-hydrogen) atoms. The van der Waals surface area contributed by atoms with Gasteiger partial charge in [-0.25, -0.2) is 5.43 Å². The first-order chi connectivity index (χ1) is 10.7. The van der Waals surface area contributed by atoms with Gasteiger partial charge in [-0.1, -0.05) is 37.6 Å². The Kier molecular flexibility index (Phi) is 5.72. The van der Waals surface area contributed by atoms with Crippen LogP contribution in [0.5, 0.6) is 5.75 Å². The van der Waals surface area contributed by atoms with Crippen molar-refractivity contribution < 1.29 is 9.53 Å². The summed E-state index contributed by atoms with van der Waals surface area (Å²) in [4.78, 5) is 11.9. The van der Waals surface area contributed by atoms with E-state index >= 15 is 0 Å². The first kappa shape index (κ1) is 15.8. The predicted octanol–water partition coefficient (Wildman–Crippen LogP) is 3.41. The number of hydrogen-bond donors (Lipinski definition) is 1. The van der Waals surface area contributed by atoms with Crippen LogP contribution in [0.15, 0.2) is 53.6 Å². The van der Waals surface area contributed by atoms with E-state index in [9.17, 15) is 4.79 Å². The van der Waals surface area contributed by atoms with Gasteiger partial charge in [-0.05, 0) is 41.8 Å². The summed E-state index contributed by atoms with van der Waals surface area (Å²) in [6.45, 7) is 2.16. The van der Waals surface area contributed by atoms with E-state index in [2.05, 4.69) is 29.6 Å². The summed E-state index contributed by atoms with van der Waals surface area (Å²) in [7, 11) is 1.59. The summed E-state index contributed by atoms with van der Waals surface area (Å²) in [6.07, 6.45) is 3.84. The number of rotatable bonds is 6. The maximum Gasteiger partial charge on any atom is 0.271 e. The van der Waals surface area contributed by atoms with E-state index in [1.165, 1.54) is 5.56 Å². The largest absolute Gasteiger partial charge is 0.497 e. The smallest absolute Gasteiger partial charge is 0.271 e. The quantitative estimate of drug-likeness (QED) is 0.656. The maximum atomic E-state index is 11.9. The normalized spacial score (nSPS) is 10.6. The number of nitrogens with zero attached hydrogens (tertiary/aromatic N) is 1. The number of amides is 1. The van der Waals surface area contributed by atoms with Crippen LogP contribution in [0.2, 0.25) is 0 Å². The summed E-state index contributed by atoms with van der Waals surface area (Å²) < 4.78 is 5.05. The Bertz CT molecular complexity index is 631. The summed E-state index contributed by atoms with van der Waals surface area (Å²) in [5.41, 5.74) is 5.31. The van der Waals surface area contributed by atoms with Gasteiger partial charge in [0, 0.05) is 5.56 Å². The zero-order valence-corrected chi connectivity index (χ0v) is 12.9. The molecule has 114 valence electrons. The van der Waals surface area contributed by atoms with Crippen molar-refractivity contribution in [3.63, 3.8) is 0 Å². The van der Waals surface area contributed by atoms with Crippen molar-refractivity contribution in [2.24, 2.45) is 5.10 Å². The van der Waals surface area contributed by atoms with Gasteiger partial charge in [-0.3, -0.25) is 4.79 Å². The van der Waals surface area contributed by atoms with Crippen LogP contribution < -0.4 is 10.2 Å². The third-order valence-corrected chi connectivity index (χ3v) is 3.25. The van der Waals surface area contributed by atoms with E-state index in [0.717, 1.165) is 18.4 Å². The second-order valence-electron chi connectivity index (χ2n) is 4.92. The second-order valence-corrected chi connectivity index (χ2v) is 4.92. The molecular weight excluding hydrogens is 276 g/mol. The minimum absolute atomic E-state index is 0.249. The predicted molar refractivity (Wildman–Crippen MR) is 88.5 cm³/mol. The fraction of sp³-hybridized carbons (Fsp3) is 0.222. The van der Waals surface area contributed by atoms with Gasteiger partial charge in [0.2, 0.25) is 0 Å². The van der Waals surface area contributed by atoms with Crippen molar-refractivity contribution in [3.05, 3.63) is 65.2 Å². The molecule has 0 bridgehead atoms. The molecule has 2 rings (SSSR count). The molecule has 2 aromatic rings. The van der Waals surface area contributed by atoms with Crippen molar-refractivity contribution in [1.29, 1.82) is 0 Å². The number of aryl methyl sites for hydroxylation is 1. The standard InChI is InChI=1S/C18H20N2O2/c1-3-4-14-5-7-15(8-6-14)13-19-20-18(21)16-9-11-17(22-2)12-10-16/h5-13H,3-4H2,1-2H3,(H,20,21)/b19-13+. The average Bonchev–Trinajstić information content (AvgIpc) is 2.56. The summed E-state index contributed by atoms with van der Waals surface area (Å²) >= 11 is 0. The Morgan fingerprint density at radius 2 is 1.82 bits per heavy atom. The minimum Gasteiger partial charge on any atom is -0.497 e. The third kappa shape index (κ3) is 4.45. The van der Waals surface area contributed by atoms with Crippen LogP contribution in [-0.4, -0.2) is 19.2 Å². The highest BCUT2D eigenvalue weighted by atomic mass is 16.5. The van der Waals surface area contributed by atoms with Crippen LogP contribution in [0, 0.1) is 0 Å². The topological polar surface area (TPSA) is 50.7 Å². The maximum absolute atomic E-state index is 11.9. The van der Waals surface area contributed by atoms with Crippen LogP contribution >= 0.6 is 0 Å².